The molecular formula is C18H30N4O. The minimum Gasteiger partial charge on any atom is -0.305 e. The lowest BCUT2D eigenvalue weighted by atomic mass is 10.0. The van der Waals surface area contributed by atoms with Crippen molar-refractivity contribution in [2.75, 3.05) is 33.2 Å². The van der Waals surface area contributed by atoms with Crippen molar-refractivity contribution < 1.29 is 0 Å². The summed E-state index contributed by atoms with van der Waals surface area (Å²) in [5.41, 5.74) is 2.26. The van der Waals surface area contributed by atoms with Crippen LogP contribution in [0.4, 0.5) is 0 Å². The third kappa shape index (κ3) is 3.36. The lowest BCUT2D eigenvalue weighted by Crippen LogP contribution is -2.43. The van der Waals surface area contributed by atoms with Crippen LogP contribution < -0.4 is 5.56 Å². The largest absolute Gasteiger partial charge is 0.305 e. The second kappa shape index (κ2) is 7.14. The Balaban J connectivity index is 1.95. The van der Waals surface area contributed by atoms with Gasteiger partial charge in [-0.15, -0.1) is 0 Å². The normalized spacial score (nSPS) is 21.3. The molecule has 23 heavy (non-hydrogen) atoms. The molecule has 0 amide bonds. The maximum Gasteiger partial charge on any atom is 0.258 e. The predicted molar refractivity (Wildman–Crippen MR) is 92.9 cm³/mol. The summed E-state index contributed by atoms with van der Waals surface area (Å²) < 4.78 is 2.03. The molecule has 0 aliphatic carbocycles. The first kappa shape index (κ1) is 16.7. The zero-order valence-electron chi connectivity index (χ0n) is 14.8. The summed E-state index contributed by atoms with van der Waals surface area (Å²) in [5, 5.41) is 0. The summed E-state index contributed by atoms with van der Waals surface area (Å²) in [5.74, 6) is 1.03. The molecule has 2 aliphatic rings. The fourth-order valence-corrected chi connectivity index (χ4v) is 3.94. The van der Waals surface area contributed by atoms with Crippen molar-refractivity contribution in [3.63, 3.8) is 0 Å². The van der Waals surface area contributed by atoms with Gasteiger partial charge in [-0.05, 0) is 39.4 Å². The fraction of sp³-hybridized carbons (Fsp3) is 0.778. The third-order valence-electron chi connectivity index (χ3n) is 5.32. The van der Waals surface area contributed by atoms with E-state index >= 15 is 0 Å². The van der Waals surface area contributed by atoms with Gasteiger partial charge in [0.05, 0.1) is 17.3 Å². The molecule has 5 nitrogen and oxygen atoms in total. The van der Waals surface area contributed by atoms with Gasteiger partial charge < -0.3 is 4.90 Å². The molecule has 0 saturated carbocycles. The summed E-state index contributed by atoms with van der Waals surface area (Å²) in [4.78, 5) is 22.8. The maximum atomic E-state index is 13.2. The van der Waals surface area contributed by atoms with E-state index < -0.39 is 0 Å². The van der Waals surface area contributed by atoms with Crippen molar-refractivity contribution in [3.8, 4) is 0 Å². The van der Waals surface area contributed by atoms with E-state index in [1.165, 1.54) is 0 Å². The van der Waals surface area contributed by atoms with Crippen LogP contribution in [0.5, 0.6) is 0 Å². The summed E-state index contributed by atoms with van der Waals surface area (Å²) in [7, 11) is 2.13. The van der Waals surface area contributed by atoms with Crippen molar-refractivity contribution in [3.05, 3.63) is 27.4 Å². The molecule has 0 N–H and O–H groups in total. The highest BCUT2D eigenvalue weighted by Crippen LogP contribution is 2.25. The Morgan fingerprint density at radius 3 is 2.87 bits per heavy atom. The molecule has 1 atom stereocenters. The average molecular weight is 318 g/mol. The van der Waals surface area contributed by atoms with Crippen molar-refractivity contribution in [2.45, 2.75) is 58.5 Å². The Labute approximate surface area is 139 Å². The van der Waals surface area contributed by atoms with Crippen molar-refractivity contribution in [2.24, 2.45) is 0 Å². The molecule has 0 unspecified atom stereocenters. The molecule has 1 aromatic rings. The number of aromatic nitrogens is 2. The molecule has 2 aliphatic heterocycles. The number of aryl methyl sites for hydroxylation is 1. The Bertz CT molecular complexity index is 610. The monoisotopic (exact) mass is 318 g/mol. The SMILES string of the molecule is CCCN1CCc2nc3n(c(=O)c2C1)[C@H](CN(C)CC)CCC3. The van der Waals surface area contributed by atoms with Crippen LogP contribution in [0.25, 0.3) is 0 Å². The van der Waals surface area contributed by atoms with Crippen LogP contribution in [0.1, 0.15) is 56.2 Å². The van der Waals surface area contributed by atoms with Crippen molar-refractivity contribution in [1.29, 1.82) is 0 Å². The molecule has 0 fully saturated rings. The highest BCUT2D eigenvalue weighted by atomic mass is 16.1. The zero-order valence-corrected chi connectivity index (χ0v) is 14.8. The molecule has 5 heteroatoms. The summed E-state index contributed by atoms with van der Waals surface area (Å²) >= 11 is 0. The Hall–Kier alpha value is -1.20. The lowest BCUT2D eigenvalue weighted by molar-refractivity contribution is 0.234. The second-order valence-corrected chi connectivity index (χ2v) is 7.06. The van der Waals surface area contributed by atoms with E-state index in [2.05, 4.69) is 30.7 Å². The Morgan fingerprint density at radius 2 is 2.13 bits per heavy atom. The van der Waals surface area contributed by atoms with Crippen LogP contribution in [0.2, 0.25) is 0 Å². The number of hydrogen-bond acceptors (Lipinski definition) is 4. The van der Waals surface area contributed by atoms with E-state index in [0.717, 1.165) is 81.9 Å². The maximum absolute atomic E-state index is 13.2. The van der Waals surface area contributed by atoms with Gasteiger partial charge in [-0.25, -0.2) is 4.98 Å². The van der Waals surface area contributed by atoms with Crippen LogP contribution in [0, 0.1) is 0 Å². The molecule has 1 aromatic heterocycles. The van der Waals surface area contributed by atoms with Gasteiger partial charge in [0, 0.05) is 32.5 Å². The molecule has 0 aromatic carbocycles. The molecule has 128 valence electrons. The fourth-order valence-electron chi connectivity index (χ4n) is 3.94. The van der Waals surface area contributed by atoms with Gasteiger partial charge in [0.1, 0.15) is 5.82 Å². The van der Waals surface area contributed by atoms with E-state index in [-0.39, 0.29) is 11.6 Å². The molecule has 0 radical (unpaired) electrons. The molecule has 0 spiro atoms. The average Bonchev–Trinajstić information content (AvgIpc) is 2.56. The highest BCUT2D eigenvalue weighted by Gasteiger charge is 2.28. The molecule has 0 bridgehead atoms. The van der Waals surface area contributed by atoms with Crippen LogP contribution in [0.15, 0.2) is 4.79 Å². The van der Waals surface area contributed by atoms with E-state index in [1.807, 2.05) is 4.57 Å². The highest BCUT2D eigenvalue weighted by molar-refractivity contribution is 5.23. The topological polar surface area (TPSA) is 41.4 Å². The first-order chi connectivity index (χ1) is 11.1. The van der Waals surface area contributed by atoms with Crippen molar-refractivity contribution >= 4 is 0 Å². The van der Waals surface area contributed by atoms with Crippen molar-refractivity contribution in [1.82, 2.24) is 19.4 Å². The quantitative estimate of drug-likeness (QED) is 0.831. The van der Waals surface area contributed by atoms with Gasteiger partial charge in [-0.1, -0.05) is 13.8 Å². The van der Waals surface area contributed by atoms with Gasteiger partial charge in [0.2, 0.25) is 0 Å². The number of hydrogen-bond donors (Lipinski definition) is 0. The van der Waals surface area contributed by atoms with Gasteiger partial charge in [0.25, 0.3) is 5.56 Å². The minimum atomic E-state index is 0.236. The molecule has 3 heterocycles. The third-order valence-corrected chi connectivity index (χ3v) is 5.32. The first-order valence-corrected chi connectivity index (χ1v) is 9.18. The zero-order chi connectivity index (χ0) is 16.4. The Kier molecular flexibility index (Phi) is 5.17. The Morgan fingerprint density at radius 1 is 1.30 bits per heavy atom. The van der Waals surface area contributed by atoms with Gasteiger partial charge in [-0.3, -0.25) is 14.3 Å². The predicted octanol–water partition coefficient (Wildman–Crippen LogP) is 1.84. The van der Waals surface area contributed by atoms with Gasteiger partial charge in [-0.2, -0.15) is 0 Å². The van der Waals surface area contributed by atoms with Crippen LogP contribution in [0.3, 0.4) is 0 Å². The molecule has 3 rings (SSSR count). The number of rotatable bonds is 5. The standard InChI is InChI=1S/C18H30N4O/c1-4-10-21-11-9-16-15(13-21)18(23)22-14(12-20(3)5-2)7-6-8-17(22)19-16/h14H,4-13H2,1-3H3/t14-/m0/s1. The van der Waals surface area contributed by atoms with Gasteiger partial charge >= 0.3 is 0 Å². The van der Waals surface area contributed by atoms with E-state index in [0.29, 0.717) is 0 Å². The molecular weight excluding hydrogens is 288 g/mol. The van der Waals surface area contributed by atoms with Crippen LogP contribution >= 0.6 is 0 Å². The summed E-state index contributed by atoms with van der Waals surface area (Å²) in [6.45, 7) is 9.23. The molecule has 0 saturated heterocycles. The summed E-state index contributed by atoms with van der Waals surface area (Å²) in [6.07, 6.45) is 5.26. The van der Waals surface area contributed by atoms with Crippen LogP contribution in [-0.4, -0.2) is 52.6 Å². The first-order valence-electron chi connectivity index (χ1n) is 9.18. The van der Waals surface area contributed by atoms with E-state index in [9.17, 15) is 4.79 Å². The number of fused-ring (bicyclic) bond motifs is 2. The number of nitrogens with zero attached hydrogens (tertiary/aromatic N) is 4. The second-order valence-electron chi connectivity index (χ2n) is 7.06. The minimum absolute atomic E-state index is 0.236. The summed E-state index contributed by atoms with van der Waals surface area (Å²) in [6, 6.07) is 0.288. The van der Waals surface area contributed by atoms with E-state index in [1.54, 1.807) is 0 Å². The van der Waals surface area contributed by atoms with Gasteiger partial charge in [0.15, 0.2) is 0 Å². The lowest BCUT2D eigenvalue weighted by Gasteiger charge is -2.33. The van der Waals surface area contributed by atoms with Crippen LogP contribution in [-0.2, 0) is 19.4 Å². The smallest absolute Gasteiger partial charge is 0.258 e. The number of likely N-dealkylation sites (N-methyl/N-ethyl adjacent to an activating group) is 1. The van der Waals surface area contributed by atoms with E-state index in [4.69, 9.17) is 4.98 Å².